The van der Waals surface area contributed by atoms with E-state index in [2.05, 4.69) is 10.3 Å². The average Bonchev–Trinajstić information content (AvgIpc) is 2.71. The van der Waals surface area contributed by atoms with Crippen LogP contribution in [0.3, 0.4) is 0 Å². The van der Waals surface area contributed by atoms with Crippen molar-refractivity contribution in [1.29, 1.82) is 0 Å². The van der Waals surface area contributed by atoms with Crippen molar-refractivity contribution in [3.05, 3.63) is 97.1 Å². The zero-order valence-corrected chi connectivity index (χ0v) is 14.0. The highest BCUT2D eigenvalue weighted by atomic mass is 16.3. The van der Waals surface area contributed by atoms with E-state index in [0.29, 0.717) is 5.69 Å². The number of hydrogen-bond donors (Lipinski definition) is 1. The lowest BCUT2D eigenvalue weighted by molar-refractivity contribution is 0.477. The molecule has 0 fully saturated rings. The molecule has 4 rings (SSSR count). The van der Waals surface area contributed by atoms with Crippen molar-refractivity contribution >= 4 is 27.8 Å². The van der Waals surface area contributed by atoms with E-state index in [4.69, 9.17) is 0 Å². The third kappa shape index (κ3) is 3.13. The van der Waals surface area contributed by atoms with Crippen LogP contribution in [0.4, 0.5) is 17.1 Å². The Morgan fingerprint density at radius 1 is 0.615 bits per heavy atom. The highest BCUT2D eigenvalue weighted by Crippen LogP contribution is 2.36. The minimum atomic E-state index is 0.105. The lowest BCUT2D eigenvalue weighted by Crippen LogP contribution is -2.07. The van der Waals surface area contributed by atoms with E-state index in [-0.39, 0.29) is 5.75 Å². The summed E-state index contributed by atoms with van der Waals surface area (Å²) < 4.78 is 0. The Hall–Kier alpha value is -3.66. The molecule has 0 amide bonds. The molecular formula is C22H17N3O. The second-order valence-corrected chi connectivity index (χ2v) is 5.83. The van der Waals surface area contributed by atoms with Crippen LogP contribution in [-0.2, 0) is 0 Å². The maximum absolute atomic E-state index is 10.3. The summed E-state index contributed by atoms with van der Waals surface area (Å²) >= 11 is 0. The molecule has 0 atom stereocenters. The van der Waals surface area contributed by atoms with Gasteiger partial charge in [-0.25, -0.2) is 5.01 Å². The van der Waals surface area contributed by atoms with Gasteiger partial charge < -0.3 is 5.11 Å². The summed E-state index contributed by atoms with van der Waals surface area (Å²) in [5, 5.41) is 22.7. The molecule has 0 aromatic heterocycles. The van der Waals surface area contributed by atoms with Crippen LogP contribution in [0.15, 0.2) is 107 Å². The van der Waals surface area contributed by atoms with Gasteiger partial charge in [-0.1, -0.05) is 72.0 Å². The number of para-hydroxylation sites is 2. The third-order valence-electron chi connectivity index (χ3n) is 4.11. The van der Waals surface area contributed by atoms with E-state index in [1.54, 1.807) is 11.1 Å². The Kier molecular flexibility index (Phi) is 4.31. The first-order chi connectivity index (χ1) is 12.8. The molecule has 0 aliphatic rings. The highest BCUT2D eigenvalue weighted by Gasteiger charge is 2.10. The summed E-state index contributed by atoms with van der Waals surface area (Å²) in [5.74, 6) is 0.105. The Bertz CT molecular complexity index is 1010. The number of rotatable bonds is 4. The van der Waals surface area contributed by atoms with Crippen LogP contribution in [0.1, 0.15) is 0 Å². The maximum Gasteiger partial charge on any atom is 0.143 e. The van der Waals surface area contributed by atoms with Gasteiger partial charge in [0.15, 0.2) is 0 Å². The molecular weight excluding hydrogens is 322 g/mol. The van der Waals surface area contributed by atoms with Crippen LogP contribution in [0.25, 0.3) is 10.8 Å². The largest absolute Gasteiger partial charge is 0.506 e. The number of nitrogens with zero attached hydrogens (tertiary/aromatic N) is 3. The fourth-order valence-electron chi connectivity index (χ4n) is 2.83. The molecule has 126 valence electrons. The van der Waals surface area contributed by atoms with Crippen LogP contribution in [0.5, 0.6) is 5.75 Å². The smallest absolute Gasteiger partial charge is 0.143 e. The van der Waals surface area contributed by atoms with Crippen molar-refractivity contribution in [1.82, 2.24) is 0 Å². The third-order valence-corrected chi connectivity index (χ3v) is 4.11. The molecule has 4 aromatic carbocycles. The van der Waals surface area contributed by atoms with Gasteiger partial charge in [0.05, 0.1) is 11.4 Å². The van der Waals surface area contributed by atoms with Gasteiger partial charge in [-0.05, 0) is 35.7 Å². The van der Waals surface area contributed by atoms with Gasteiger partial charge in [0.25, 0.3) is 0 Å². The minimum absolute atomic E-state index is 0.105. The van der Waals surface area contributed by atoms with E-state index in [1.807, 2.05) is 91.0 Å². The molecule has 26 heavy (non-hydrogen) atoms. The highest BCUT2D eigenvalue weighted by molar-refractivity contribution is 5.95. The van der Waals surface area contributed by atoms with Crippen molar-refractivity contribution in [2.75, 3.05) is 5.01 Å². The molecule has 0 unspecified atom stereocenters. The lowest BCUT2D eigenvalue weighted by Gasteiger charge is -2.17. The van der Waals surface area contributed by atoms with Crippen molar-refractivity contribution in [2.24, 2.45) is 10.3 Å². The van der Waals surface area contributed by atoms with Gasteiger partial charge in [0.1, 0.15) is 11.4 Å². The van der Waals surface area contributed by atoms with Crippen LogP contribution in [0.2, 0.25) is 0 Å². The number of benzene rings is 4. The monoisotopic (exact) mass is 339 g/mol. The van der Waals surface area contributed by atoms with Crippen LogP contribution < -0.4 is 5.01 Å². The first kappa shape index (κ1) is 15.8. The van der Waals surface area contributed by atoms with E-state index in [9.17, 15) is 5.11 Å². The van der Waals surface area contributed by atoms with Crippen LogP contribution >= 0.6 is 0 Å². The number of fused-ring (bicyclic) bond motifs is 1. The molecule has 4 nitrogen and oxygen atoms in total. The minimum Gasteiger partial charge on any atom is -0.506 e. The van der Waals surface area contributed by atoms with E-state index in [0.717, 1.165) is 22.1 Å². The van der Waals surface area contributed by atoms with Crippen molar-refractivity contribution < 1.29 is 5.11 Å². The number of phenolic OH excluding ortho intramolecular Hbond substituents is 1. The number of hydrogen-bond acceptors (Lipinski definition) is 3. The summed E-state index contributed by atoms with van der Waals surface area (Å²) in [6, 6.07) is 30.9. The standard InChI is InChI=1S/C22H17N3O/c26-21-16-15-17-9-7-8-14-20(17)22(21)23-24-25(18-10-3-1-4-11-18)19-12-5-2-6-13-19/h1-16,26H. The SMILES string of the molecule is Oc1ccc2ccccc2c1N=NN(c1ccccc1)c1ccccc1. The van der Waals surface area contributed by atoms with Crippen LogP contribution in [0, 0.1) is 0 Å². The van der Waals surface area contributed by atoms with Gasteiger partial charge in [-0.15, -0.1) is 5.11 Å². The van der Waals surface area contributed by atoms with Crippen molar-refractivity contribution in [2.45, 2.75) is 0 Å². The predicted molar refractivity (Wildman–Crippen MR) is 105 cm³/mol. The Morgan fingerprint density at radius 2 is 1.19 bits per heavy atom. The molecule has 0 aliphatic heterocycles. The second-order valence-electron chi connectivity index (χ2n) is 5.83. The molecule has 0 radical (unpaired) electrons. The summed E-state index contributed by atoms with van der Waals surface area (Å²) in [4.78, 5) is 0. The normalized spacial score (nSPS) is 11.1. The molecule has 0 bridgehead atoms. The zero-order chi connectivity index (χ0) is 17.8. The summed E-state index contributed by atoms with van der Waals surface area (Å²) in [6.45, 7) is 0. The fraction of sp³-hybridized carbons (Fsp3) is 0. The average molecular weight is 339 g/mol. The van der Waals surface area contributed by atoms with Crippen LogP contribution in [-0.4, -0.2) is 5.11 Å². The molecule has 0 spiro atoms. The van der Waals surface area contributed by atoms with Gasteiger partial charge in [0.2, 0.25) is 0 Å². The van der Waals surface area contributed by atoms with Gasteiger partial charge in [0, 0.05) is 5.39 Å². The predicted octanol–water partition coefficient (Wildman–Crippen LogP) is 6.38. The molecule has 4 heteroatoms. The topological polar surface area (TPSA) is 48.2 Å². The molecule has 1 N–H and O–H groups in total. The van der Waals surface area contributed by atoms with E-state index >= 15 is 0 Å². The lowest BCUT2D eigenvalue weighted by atomic mass is 10.1. The number of phenols is 1. The van der Waals surface area contributed by atoms with Gasteiger partial charge in [-0.2, -0.15) is 0 Å². The number of anilines is 2. The molecule has 0 heterocycles. The summed E-state index contributed by atoms with van der Waals surface area (Å²) in [6.07, 6.45) is 0. The van der Waals surface area contributed by atoms with Gasteiger partial charge >= 0.3 is 0 Å². The van der Waals surface area contributed by atoms with Gasteiger partial charge in [-0.3, -0.25) is 0 Å². The summed E-state index contributed by atoms with van der Waals surface area (Å²) in [7, 11) is 0. The molecule has 0 saturated carbocycles. The van der Waals surface area contributed by atoms with E-state index in [1.165, 1.54) is 0 Å². The first-order valence-corrected chi connectivity index (χ1v) is 8.35. The summed E-state index contributed by atoms with van der Waals surface area (Å²) in [5.41, 5.74) is 2.24. The number of aromatic hydroxyl groups is 1. The zero-order valence-electron chi connectivity index (χ0n) is 14.0. The first-order valence-electron chi connectivity index (χ1n) is 8.35. The van der Waals surface area contributed by atoms with E-state index < -0.39 is 0 Å². The Balaban J connectivity index is 1.81. The maximum atomic E-state index is 10.3. The van der Waals surface area contributed by atoms with Crippen molar-refractivity contribution in [3.8, 4) is 5.75 Å². The molecule has 0 saturated heterocycles. The van der Waals surface area contributed by atoms with Crippen molar-refractivity contribution in [3.63, 3.8) is 0 Å². The Labute approximate surface area is 151 Å². The second kappa shape index (κ2) is 7.07. The molecule has 0 aliphatic carbocycles. The Morgan fingerprint density at radius 3 is 1.85 bits per heavy atom. The fourth-order valence-corrected chi connectivity index (χ4v) is 2.83. The molecule has 4 aromatic rings. The quantitative estimate of drug-likeness (QED) is 0.346.